The molecular weight excluding hydrogens is 346 g/mol. The number of carboxylic acid groups (broad SMARTS) is 1. The molecule has 0 aliphatic carbocycles. The molecule has 7 nitrogen and oxygen atoms in total. The van der Waals surface area contributed by atoms with Crippen LogP contribution in [-0.4, -0.2) is 44.3 Å². The summed E-state index contributed by atoms with van der Waals surface area (Å²) in [6.07, 6.45) is 1.78. The van der Waals surface area contributed by atoms with Gasteiger partial charge in [-0.15, -0.1) is 0 Å². The number of ether oxygens (including phenoxy) is 1. The topological polar surface area (TPSA) is 110 Å². The van der Waals surface area contributed by atoms with Crippen molar-refractivity contribution in [3.05, 3.63) is 24.3 Å². The van der Waals surface area contributed by atoms with E-state index < -0.39 is 39.4 Å². The van der Waals surface area contributed by atoms with Gasteiger partial charge in [-0.3, -0.25) is 4.79 Å². The molecule has 0 spiro atoms. The van der Waals surface area contributed by atoms with Crippen molar-refractivity contribution in [2.75, 3.05) is 12.9 Å². The monoisotopic (exact) mass is 371 g/mol. The van der Waals surface area contributed by atoms with Gasteiger partial charge in [-0.25, -0.2) is 13.2 Å². The van der Waals surface area contributed by atoms with E-state index in [0.29, 0.717) is 18.6 Å². The van der Waals surface area contributed by atoms with E-state index in [9.17, 15) is 18.0 Å². The Hall–Kier alpha value is -2.09. The molecule has 1 rings (SSSR count). The van der Waals surface area contributed by atoms with Gasteiger partial charge in [0.15, 0.2) is 9.84 Å². The highest BCUT2D eigenvalue weighted by Crippen LogP contribution is 2.18. The van der Waals surface area contributed by atoms with Crippen LogP contribution in [-0.2, 0) is 19.4 Å². The number of carbonyl (C=O) groups excluding carboxylic acids is 1. The molecule has 0 aliphatic heterocycles. The molecule has 0 saturated carbocycles. The summed E-state index contributed by atoms with van der Waals surface area (Å²) >= 11 is 0. The smallest absolute Gasteiger partial charge is 0.326 e. The van der Waals surface area contributed by atoms with E-state index in [1.54, 1.807) is 0 Å². The number of amides is 1. The SMILES string of the molecule is CCCC[C@H](NC(=O)C(C)CS(=O)(=O)c1ccc(OC)cc1)C(=O)O. The molecule has 0 heterocycles. The van der Waals surface area contributed by atoms with Crippen LogP contribution in [0.1, 0.15) is 33.1 Å². The maximum atomic E-state index is 12.4. The first-order chi connectivity index (χ1) is 11.7. The molecule has 140 valence electrons. The highest BCUT2D eigenvalue weighted by Gasteiger charge is 2.27. The van der Waals surface area contributed by atoms with Gasteiger partial charge in [0.25, 0.3) is 0 Å². The quantitative estimate of drug-likeness (QED) is 0.650. The third-order valence-electron chi connectivity index (χ3n) is 3.80. The van der Waals surface area contributed by atoms with Crippen molar-refractivity contribution in [1.29, 1.82) is 0 Å². The molecule has 25 heavy (non-hydrogen) atoms. The summed E-state index contributed by atoms with van der Waals surface area (Å²) in [6.45, 7) is 3.39. The lowest BCUT2D eigenvalue weighted by Crippen LogP contribution is -2.44. The van der Waals surface area contributed by atoms with Crippen molar-refractivity contribution in [3.8, 4) is 5.75 Å². The Morgan fingerprint density at radius 2 is 1.84 bits per heavy atom. The fourth-order valence-corrected chi connectivity index (χ4v) is 3.82. The Morgan fingerprint density at radius 1 is 1.24 bits per heavy atom. The van der Waals surface area contributed by atoms with Crippen molar-refractivity contribution >= 4 is 21.7 Å². The standard InChI is InChI=1S/C17H25NO6S/c1-4-5-6-15(17(20)21)18-16(19)12(2)11-25(22,23)14-9-7-13(24-3)8-10-14/h7-10,12,15H,4-6,11H2,1-3H3,(H,18,19)(H,20,21)/t12?,15-/m0/s1. The lowest BCUT2D eigenvalue weighted by molar-refractivity contribution is -0.142. The predicted octanol–water partition coefficient (Wildman–Crippen LogP) is 1.86. The molecule has 8 heteroatoms. The molecule has 0 bridgehead atoms. The molecule has 0 aromatic heterocycles. The summed E-state index contributed by atoms with van der Waals surface area (Å²) in [5.74, 6) is -2.43. The predicted molar refractivity (Wildman–Crippen MR) is 93.3 cm³/mol. The second-order valence-corrected chi connectivity index (χ2v) is 7.93. The van der Waals surface area contributed by atoms with Crippen LogP contribution in [0.25, 0.3) is 0 Å². The lowest BCUT2D eigenvalue weighted by atomic mass is 10.1. The highest BCUT2D eigenvalue weighted by atomic mass is 32.2. The third-order valence-corrected chi connectivity index (χ3v) is 5.73. The van der Waals surface area contributed by atoms with Gasteiger partial charge in [0.2, 0.25) is 5.91 Å². The van der Waals surface area contributed by atoms with Crippen LogP contribution in [0.4, 0.5) is 0 Å². The van der Waals surface area contributed by atoms with Crippen LogP contribution in [0.5, 0.6) is 5.75 Å². The first-order valence-corrected chi connectivity index (χ1v) is 9.76. The van der Waals surface area contributed by atoms with Gasteiger partial charge >= 0.3 is 5.97 Å². The number of carbonyl (C=O) groups is 2. The Labute approximate surface area is 148 Å². The largest absolute Gasteiger partial charge is 0.497 e. The average Bonchev–Trinajstić information content (AvgIpc) is 2.57. The van der Waals surface area contributed by atoms with Gasteiger partial charge in [-0.05, 0) is 30.7 Å². The number of rotatable bonds is 10. The van der Waals surface area contributed by atoms with Gasteiger partial charge in [0, 0.05) is 5.92 Å². The van der Waals surface area contributed by atoms with Crippen molar-refractivity contribution in [1.82, 2.24) is 5.32 Å². The molecule has 1 amide bonds. The summed E-state index contributed by atoms with van der Waals surface area (Å²) in [4.78, 5) is 23.4. The molecule has 0 aliphatic rings. The Morgan fingerprint density at radius 3 is 2.32 bits per heavy atom. The number of sulfone groups is 1. The number of methoxy groups -OCH3 is 1. The van der Waals surface area contributed by atoms with Crippen molar-refractivity contribution in [2.24, 2.45) is 5.92 Å². The van der Waals surface area contributed by atoms with Crippen molar-refractivity contribution in [2.45, 2.75) is 44.0 Å². The van der Waals surface area contributed by atoms with Gasteiger partial charge < -0.3 is 15.2 Å². The Balaban J connectivity index is 2.75. The highest BCUT2D eigenvalue weighted by molar-refractivity contribution is 7.91. The van der Waals surface area contributed by atoms with E-state index in [-0.39, 0.29) is 4.90 Å². The van der Waals surface area contributed by atoms with Crippen molar-refractivity contribution < 1.29 is 27.9 Å². The lowest BCUT2D eigenvalue weighted by Gasteiger charge is -2.18. The number of hydrogen-bond donors (Lipinski definition) is 2. The second-order valence-electron chi connectivity index (χ2n) is 5.90. The summed E-state index contributed by atoms with van der Waals surface area (Å²) in [5.41, 5.74) is 0. The number of aliphatic carboxylic acids is 1. The second kappa shape index (κ2) is 9.41. The minimum Gasteiger partial charge on any atom is -0.497 e. The molecule has 0 saturated heterocycles. The maximum absolute atomic E-state index is 12.4. The summed E-state index contributed by atoms with van der Waals surface area (Å²) in [7, 11) is -2.19. The minimum absolute atomic E-state index is 0.0914. The van der Waals surface area contributed by atoms with Gasteiger partial charge in [0.1, 0.15) is 11.8 Å². The summed E-state index contributed by atoms with van der Waals surface area (Å²) in [6, 6.07) is 4.89. The normalized spacial score (nSPS) is 13.7. The van der Waals surface area contributed by atoms with E-state index in [4.69, 9.17) is 9.84 Å². The number of carboxylic acids is 1. The molecule has 1 aromatic carbocycles. The first kappa shape index (κ1) is 21.0. The molecular formula is C17H25NO6S. The Kier molecular flexibility index (Phi) is 7.89. The van der Waals surface area contributed by atoms with Gasteiger partial charge in [0.05, 0.1) is 17.8 Å². The summed E-state index contributed by atoms with van der Waals surface area (Å²) < 4.78 is 29.8. The molecule has 0 fully saturated rings. The van der Waals surface area contributed by atoms with Crippen LogP contribution in [0, 0.1) is 5.92 Å². The minimum atomic E-state index is -3.67. The zero-order chi connectivity index (χ0) is 19.0. The van der Waals surface area contributed by atoms with Gasteiger partial charge in [-0.1, -0.05) is 26.7 Å². The fourth-order valence-electron chi connectivity index (χ4n) is 2.26. The Bertz CT molecular complexity index is 684. The molecule has 2 atom stereocenters. The molecule has 2 N–H and O–H groups in total. The zero-order valence-corrected chi connectivity index (χ0v) is 15.5. The molecule has 0 radical (unpaired) electrons. The van der Waals surface area contributed by atoms with Crippen LogP contribution < -0.4 is 10.1 Å². The summed E-state index contributed by atoms with van der Waals surface area (Å²) in [5, 5.41) is 11.6. The van der Waals surface area contributed by atoms with E-state index in [2.05, 4.69) is 5.32 Å². The van der Waals surface area contributed by atoms with E-state index >= 15 is 0 Å². The van der Waals surface area contributed by atoms with Crippen LogP contribution >= 0.6 is 0 Å². The van der Waals surface area contributed by atoms with E-state index in [1.807, 2.05) is 6.92 Å². The number of hydrogen-bond acceptors (Lipinski definition) is 5. The van der Waals surface area contributed by atoms with Gasteiger partial charge in [-0.2, -0.15) is 0 Å². The van der Waals surface area contributed by atoms with Crippen molar-refractivity contribution in [3.63, 3.8) is 0 Å². The van der Waals surface area contributed by atoms with Crippen LogP contribution in [0.3, 0.4) is 0 Å². The third kappa shape index (κ3) is 6.38. The fraction of sp³-hybridized carbons (Fsp3) is 0.529. The molecule has 1 unspecified atom stereocenters. The van der Waals surface area contributed by atoms with Crippen LogP contribution in [0.2, 0.25) is 0 Å². The first-order valence-electron chi connectivity index (χ1n) is 8.11. The maximum Gasteiger partial charge on any atom is 0.326 e. The number of nitrogens with one attached hydrogen (secondary N) is 1. The van der Waals surface area contributed by atoms with Crippen LogP contribution in [0.15, 0.2) is 29.2 Å². The zero-order valence-electron chi connectivity index (χ0n) is 14.7. The number of benzene rings is 1. The van der Waals surface area contributed by atoms with E-state index in [1.165, 1.54) is 38.3 Å². The molecule has 1 aromatic rings. The number of unbranched alkanes of at least 4 members (excludes halogenated alkanes) is 1. The van der Waals surface area contributed by atoms with E-state index in [0.717, 1.165) is 6.42 Å². The average molecular weight is 371 g/mol.